The molecular formula is C9H17N6O7S+. The molecule has 0 aromatic carbocycles. The topological polar surface area (TPSA) is 220 Å². The molecule has 0 radical (unpaired) electrons. The van der Waals surface area contributed by atoms with Crippen LogP contribution in [0.2, 0.25) is 0 Å². The molecule has 0 amide bonds. The Morgan fingerprint density at radius 2 is 2.13 bits per heavy atom. The predicted molar refractivity (Wildman–Crippen MR) is 69.9 cm³/mol. The highest BCUT2D eigenvalue weighted by molar-refractivity contribution is 7.80. The molecule has 14 heteroatoms. The summed E-state index contributed by atoms with van der Waals surface area (Å²) in [5, 5.41) is 35.9. The van der Waals surface area contributed by atoms with Gasteiger partial charge in [-0.3, -0.25) is 26.0 Å². The van der Waals surface area contributed by atoms with E-state index in [-0.39, 0.29) is 11.9 Å². The van der Waals surface area contributed by atoms with Gasteiger partial charge in [0.25, 0.3) is 11.4 Å². The van der Waals surface area contributed by atoms with Gasteiger partial charge in [-0.05, 0) is 0 Å². The smallest absolute Gasteiger partial charge is 0.347 e. The molecule has 1 saturated heterocycles. The Morgan fingerprint density at radius 3 is 2.70 bits per heavy atom. The van der Waals surface area contributed by atoms with E-state index in [2.05, 4.69) is 19.8 Å². The molecule has 0 aromatic heterocycles. The fraction of sp³-hybridized carbons (Fsp3) is 0.778. The van der Waals surface area contributed by atoms with E-state index >= 15 is 0 Å². The van der Waals surface area contributed by atoms with Gasteiger partial charge in [-0.1, -0.05) is 0 Å². The minimum absolute atomic E-state index is 0.0481. The van der Waals surface area contributed by atoms with Crippen molar-refractivity contribution in [2.75, 3.05) is 13.2 Å². The molecule has 0 bridgehead atoms. The monoisotopic (exact) mass is 353 g/mol. The van der Waals surface area contributed by atoms with E-state index in [0.717, 1.165) is 0 Å². The van der Waals surface area contributed by atoms with Gasteiger partial charge in [-0.15, -0.1) is 0 Å². The molecule has 0 saturated carbocycles. The second-order valence-corrected chi connectivity index (χ2v) is 6.58. The standard InChI is InChI=1S/C9H16N6O7S/c10-6-13-5-3(2-16)12-7(11)15-1-4(22-23(19,20)21)9(17,18)8(5,15)14-6/h3-5,16-18H,1-2H2,(H6,10,11,12,13,14,19,20,21)/p+1/t3-,4+,5-,8-/m0/s1. The number of aliphatic hydroxyl groups excluding tert-OH is 1. The summed E-state index contributed by atoms with van der Waals surface area (Å²) in [6.45, 7) is -0.867. The Bertz CT molecular complexity index is 705. The van der Waals surface area contributed by atoms with Gasteiger partial charge in [-0.2, -0.15) is 0 Å². The van der Waals surface area contributed by atoms with Gasteiger partial charge in [0, 0.05) is 0 Å². The first-order valence-electron chi connectivity index (χ1n) is 6.56. The molecule has 4 atom stereocenters. The highest BCUT2D eigenvalue weighted by Gasteiger charge is 2.78. The fourth-order valence-corrected chi connectivity index (χ4v) is 3.93. The lowest BCUT2D eigenvalue weighted by atomic mass is 9.86. The molecule has 23 heavy (non-hydrogen) atoms. The number of nitrogens with two attached hydrogens (primary N) is 2. The van der Waals surface area contributed by atoms with Gasteiger partial charge in [0.15, 0.2) is 12.1 Å². The van der Waals surface area contributed by atoms with Crippen LogP contribution < -0.4 is 27.1 Å². The molecule has 10 N–H and O–H groups in total. The Labute approximate surface area is 130 Å². The molecule has 0 aliphatic carbocycles. The second-order valence-electron chi connectivity index (χ2n) is 5.58. The van der Waals surface area contributed by atoms with E-state index in [1.54, 1.807) is 0 Å². The first-order chi connectivity index (χ1) is 10.5. The van der Waals surface area contributed by atoms with Gasteiger partial charge in [0.2, 0.25) is 10.4 Å². The summed E-state index contributed by atoms with van der Waals surface area (Å²) in [5.74, 6) is -3.00. The van der Waals surface area contributed by atoms with Crippen LogP contribution in [0.15, 0.2) is 0 Å². The van der Waals surface area contributed by atoms with Crippen LogP contribution in [0.5, 0.6) is 0 Å². The van der Waals surface area contributed by atoms with Crippen molar-refractivity contribution < 1.29 is 42.0 Å². The van der Waals surface area contributed by atoms with Crippen LogP contribution in [0.25, 0.3) is 0 Å². The van der Waals surface area contributed by atoms with Crippen LogP contribution in [0, 0.1) is 0 Å². The van der Waals surface area contributed by atoms with Gasteiger partial charge in [-0.25, -0.2) is 18.3 Å². The maximum atomic E-state index is 10.9. The predicted octanol–water partition coefficient (Wildman–Crippen LogP) is -8.12. The summed E-state index contributed by atoms with van der Waals surface area (Å²) in [6, 6.07) is -1.70. The highest BCUT2D eigenvalue weighted by atomic mass is 32.3. The Morgan fingerprint density at radius 1 is 1.48 bits per heavy atom. The van der Waals surface area contributed by atoms with E-state index in [1.807, 2.05) is 0 Å². The minimum Gasteiger partial charge on any atom is -0.726 e. The van der Waals surface area contributed by atoms with Crippen LogP contribution in [0.1, 0.15) is 0 Å². The maximum Gasteiger partial charge on any atom is 0.347 e. The Hall–Kier alpha value is -1.71. The van der Waals surface area contributed by atoms with Gasteiger partial charge in [0.05, 0.1) is 6.61 Å². The summed E-state index contributed by atoms with van der Waals surface area (Å²) in [6.07, 6.45) is -1.83. The summed E-state index contributed by atoms with van der Waals surface area (Å²) >= 11 is 0. The molecule has 3 rings (SSSR count). The van der Waals surface area contributed by atoms with E-state index in [1.165, 1.54) is 4.58 Å². The summed E-state index contributed by atoms with van der Waals surface area (Å²) in [7, 11) is -5.21. The van der Waals surface area contributed by atoms with Crippen molar-refractivity contribution in [1.82, 2.24) is 10.6 Å². The van der Waals surface area contributed by atoms with Crippen LogP contribution in [-0.4, -0.2) is 87.6 Å². The number of hydrogen-bond acceptors (Lipinski definition) is 11. The third-order valence-electron chi connectivity index (χ3n) is 4.33. The minimum atomic E-state index is -5.21. The van der Waals surface area contributed by atoms with Crippen molar-refractivity contribution in [3.63, 3.8) is 0 Å². The number of guanidine groups is 2. The fourth-order valence-electron chi connectivity index (χ4n) is 3.45. The highest BCUT2D eigenvalue weighted by Crippen LogP contribution is 2.39. The normalized spacial score (nSPS) is 38.4. The summed E-state index contributed by atoms with van der Waals surface area (Å²) in [5.41, 5.74) is 9.65. The number of aliphatic hydroxyl groups is 3. The average Bonchev–Trinajstić information content (AvgIpc) is 2.86. The van der Waals surface area contributed by atoms with Crippen LogP contribution in [0.4, 0.5) is 0 Å². The zero-order valence-electron chi connectivity index (χ0n) is 11.6. The van der Waals surface area contributed by atoms with E-state index < -0.39 is 53.2 Å². The molecule has 1 spiro atoms. The zero-order valence-corrected chi connectivity index (χ0v) is 12.4. The van der Waals surface area contributed by atoms with E-state index in [4.69, 9.17) is 11.5 Å². The largest absolute Gasteiger partial charge is 0.726 e. The van der Waals surface area contributed by atoms with Crippen LogP contribution >= 0.6 is 0 Å². The van der Waals surface area contributed by atoms with Gasteiger partial charge in [0.1, 0.15) is 12.6 Å². The van der Waals surface area contributed by atoms with E-state index in [9.17, 15) is 28.3 Å². The van der Waals surface area contributed by atoms with Crippen molar-refractivity contribution in [2.45, 2.75) is 29.6 Å². The maximum absolute atomic E-state index is 10.9. The van der Waals surface area contributed by atoms with Crippen molar-refractivity contribution in [2.24, 2.45) is 11.5 Å². The van der Waals surface area contributed by atoms with Crippen LogP contribution in [-0.2, 0) is 14.6 Å². The molecule has 13 nitrogen and oxygen atoms in total. The Balaban J connectivity index is 2.14. The molecule has 1 fully saturated rings. The van der Waals surface area contributed by atoms with Gasteiger partial charge < -0.3 is 19.9 Å². The molecule has 3 aliphatic rings. The number of nitrogens with one attached hydrogen (secondary N) is 3. The first kappa shape index (κ1) is 16.2. The lowest BCUT2D eigenvalue weighted by molar-refractivity contribution is -0.674. The lowest BCUT2D eigenvalue weighted by Crippen LogP contribution is -2.91. The van der Waals surface area contributed by atoms with Crippen molar-refractivity contribution in [3.8, 4) is 0 Å². The molecule has 0 unspecified atom stereocenters. The third-order valence-corrected chi connectivity index (χ3v) is 4.80. The van der Waals surface area contributed by atoms with E-state index in [0.29, 0.717) is 0 Å². The van der Waals surface area contributed by atoms with Crippen LogP contribution in [0.3, 0.4) is 0 Å². The number of rotatable bonds is 3. The molecule has 3 aliphatic heterocycles. The molecule has 3 heterocycles. The number of nitrogens with zero attached hydrogens (tertiary/aromatic N) is 1. The number of hydrogen-bond donors (Lipinski definition) is 8. The molecule has 130 valence electrons. The quantitative estimate of drug-likeness (QED) is 0.103. The van der Waals surface area contributed by atoms with Crippen molar-refractivity contribution in [3.05, 3.63) is 0 Å². The first-order valence-corrected chi connectivity index (χ1v) is 7.89. The SMILES string of the molecule is NC1=[NH+][C@H]2[C@H](CO)NC(N)=[N+]3C[C@@H](OS(=O)(=O)[O-])C(O)(O)[C@]23N1. The lowest BCUT2D eigenvalue weighted by Gasteiger charge is -2.40. The molecule has 0 aromatic rings. The van der Waals surface area contributed by atoms with Crippen molar-refractivity contribution in [1.29, 1.82) is 0 Å². The third kappa shape index (κ3) is 2.07. The van der Waals surface area contributed by atoms with Gasteiger partial charge >= 0.3 is 11.9 Å². The second kappa shape index (κ2) is 4.65. The van der Waals surface area contributed by atoms with Crippen molar-refractivity contribution >= 4 is 22.3 Å². The summed E-state index contributed by atoms with van der Waals surface area (Å²) < 4.78 is 38.0. The average molecular weight is 353 g/mol. The Kier molecular flexibility index (Phi) is 3.27. The zero-order chi connectivity index (χ0) is 17.2. The molecular weight excluding hydrogens is 336 g/mol. The summed E-state index contributed by atoms with van der Waals surface area (Å²) in [4.78, 5) is 2.73.